The van der Waals surface area contributed by atoms with Crippen LogP contribution >= 0.6 is 0 Å². The number of carbonyl (C=O) groups is 2. The first kappa shape index (κ1) is 17.3. The van der Waals surface area contributed by atoms with Crippen molar-refractivity contribution >= 4 is 17.6 Å². The number of aromatic nitrogens is 1. The standard InChI is InChI=1S/C21H20N4O2/c26-20(15-6-2-1-3-7-15)23-19-11-10-14(13-22-19)12-18-16-8-4-5-9-17(16)21(27)25-24-18/h1-3,6-7,10-11,13,18H,4-5,8-9,12H2,(H,22,23,26). The number of azo groups is 1. The number of pyridine rings is 1. The van der Waals surface area contributed by atoms with Crippen LogP contribution in [-0.2, 0) is 11.2 Å². The van der Waals surface area contributed by atoms with Crippen LogP contribution in [0, 0.1) is 0 Å². The van der Waals surface area contributed by atoms with Crippen LogP contribution in [0.2, 0.25) is 0 Å². The smallest absolute Gasteiger partial charge is 0.291 e. The van der Waals surface area contributed by atoms with Gasteiger partial charge in [-0.3, -0.25) is 9.59 Å². The monoisotopic (exact) mass is 360 g/mol. The fourth-order valence-electron chi connectivity index (χ4n) is 3.58. The summed E-state index contributed by atoms with van der Waals surface area (Å²) in [7, 11) is 0. The van der Waals surface area contributed by atoms with Gasteiger partial charge in [0, 0.05) is 23.8 Å². The highest BCUT2D eigenvalue weighted by Gasteiger charge is 2.28. The van der Waals surface area contributed by atoms with Gasteiger partial charge in [0.05, 0.1) is 6.04 Å². The van der Waals surface area contributed by atoms with Crippen molar-refractivity contribution in [1.82, 2.24) is 4.98 Å². The second-order valence-corrected chi connectivity index (χ2v) is 6.82. The Morgan fingerprint density at radius 1 is 1.07 bits per heavy atom. The zero-order valence-electron chi connectivity index (χ0n) is 14.9. The summed E-state index contributed by atoms with van der Waals surface area (Å²) in [4.78, 5) is 28.4. The molecule has 0 saturated heterocycles. The maximum absolute atomic E-state index is 12.2. The van der Waals surface area contributed by atoms with Gasteiger partial charge in [0.1, 0.15) is 5.82 Å². The number of anilines is 1. The van der Waals surface area contributed by atoms with E-state index in [2.05, 4.69) is 20.5 Å². The van der Waals surface area contributed by atoms with E-state index in [1.54, 1.807) is 24.4 Å². The van der Waals surface area contributed by atoms with Crippen LogP contribution in [0.1, 0.15) is 41.6 Å². The molecule has 1 N–H and O–H groups in total. The lowest BCUT2D eigenvalue weighted by Gasteiger charge is -2.25. The average molecular weight is 360 g/mol. The van der Waals surface area contributed by atoms with Gasteiger partial charge in [0.2, 0.25) is 0 Å². The van der Waals surface area contributed by atoms with Gasteiger partial charge in [0.15, 0.2) is 0 Å². The summed E-state index contributed by atoms with van der Waals surface area (Å²) >= 11 is 0. The van der Waals surface area contributed by atoms with Gasteiger partial charge in [0.25, 0.3) is 11.8 Å². The van der Waals surface area contributed by atoms with Crippen molar-refractivity contribution in [2.24, 2.45) is 10.2 Å². The molecule has 0 spiro atoms. The van der Waals surface area contributed by atoms with E-state index in [-0.39, 0.29) is 17.9 Å². The quantitative estimate of drug-likeness (QED) is 0.890. The van der Waals surface area contributed by atoms with Gasteiger partial charge in [-0.1, -0.05) is 24.3 Å². The molecule has 2 heterocycles. The van der Waals surface area contributed by atoms with Crippen LogP contribution in [0.25, 0.3) is 0 Å². The molecule has 1 aromatic carbocycles. The zero-order valence-corrected chi connectivity index (χ0v) is 14.9. The molecule has 27 heavy (non-hydrogen) atoms. The summed E-state index contributed by atoms with van der Waals surface area (Å²) in [6.07, 6.45) is 6.28. The highest BCUT2D eigenvalue weighted by Crippen LogP contribution is 2.33. The molecule has 2 aliphatic rings. The average Bonchev–Trinajstić information content (AvgIpc) is 2.72. The zero-order chi connectivity index (χ0) is 18.6. The van der Waals surface area contributed by atoms with E-state index in [1.165, 1.54) is 0 Å². The minimum absolute atomic E-state index is 0.0791. The van der Waals surface area contributed by atoms with Crippen LogP contribution in [-0.4, -0.2) is 22.8 Å². The van der Waals surface area contributed by atoms with Crippen LogP contribution in [0.3, 0.4) is 0 Å². The first-order valence-electron chi connectivity index (χ1n) is 9.19. The highest BCUT2D eigenvalue weighted by molar-refractivity contribution is 6.03. The summed E-state index contributed by atoms with van der Waals surface area (Å²) in [6, 6.07) is 12.7. The van der Waals surface area contributed by atoms with E-state index in [0.29, 0.717) is 17.8 Å². The summed E-state index contributed by atoms with van der Waals surface area (Å²) in [5.74, 6) is 0.149. The topological polar surface area (TPSA) is 83.8 Å². The molecule has 1 aliphatic carbocycles. The molecule has 1 unspecified atom stereocenters. The molecule has 0 saturated carbocycles. The fourth-order valence-corrected chi connectivity index (χ4v) is 3.58. The van der Waals surface area contributed by atoms with Crippen LogP contribution in [0.15, 0.2) is 70.0 Å². The Kier molecular flexibility index (Phi) is 4.87. The molecule has 6 nitrogen and oxygen atoms in total. The largest absolute Gasteiger partial charge is 0.307 e. The van der Waals surface area contributed by atoms with Gasteiger partial charge in [-0.15, -0.1) is 5.11 Å². The van der Waals surface area contributed by atoms with Gasteiger partial charge in [-0.2, -0.15) is 5.11 Å². The molecule has 1 aromatic heterocycles. The van der Waals surface area contributed by atoms with Gasteiger partial charge >= 0.3 is 0 Å². The summed E-state index contributed by atoms with van der Waals surface area (Å²) in [5.41, 5.74) is 3.60. The van der Waals surface area contributed by atoms with Gasteiger partial charge in [-0.05, 0) is 55.0 Å². The molecule has 6 heteroatoms. The molecular weight excluding hydrogens is 340 g/mol. The Labute approximate surface area is 157 Å². The molecule has 136 valence electrons. The molecule has 1 atom stereocenters. The third kappa shape index (κ3) is 3.84. The molecule has 0 fully saturated rings. The van der Waals surface area contributed by atoms with E-state index in [4.69, 9.17) is 0 Å². The number of nitrogens with one attached hydrogen (secondary N) is 1. The second-order valence-electron chi connectivity index (χ2n) is 6.82. The molecule has 1 aliphatic heterocycles. The number of hydrogen-bond donors (Lipinski definition) is 1. The van der Waals surface area contributed by atoms with Gasteiger partial charge in [-0.25, -0.2) is 4.98 Å². The van der Waals surface area contributed by atoms with E-state index < -0.39 is 0 Å². The van der Waals surface area contributed by atoms with Crippen LogP contribution < -0.4 is 5.32 Å². The summed E-state index contributed by atoms with van der Waals surface area (Å²) in [6.45, 7) is 0. The first-order chi connectivity index (χ1) is 13.2. The number of nitrogens with zero attached hydrogens (tertiary/aromatic N) is 3. The lowest BCUT2D eigenvalue weighted by molar-refractivity contribution is -0.115. The van der Waals surface area contributed by atoms with Crippen molar-refractivity contribution < 1.29 is 9.59 Å². The van der Waals surface area contributed by atoms with Crippen molar-refractivity contribution in [3.8, 4) is 0 Å². The van der Waals surface area contributed by atoms with Crippen molar-refractivity contribution in [1.29, 1.82) is 0 Å². The predicted molar refractivity (Wildman–Crippen MR) is 101 cm³/mol. The molecular formula is C21H20N4O2. The maximum Gasteiger partial charge on any atom is 0.291 e. The lowest BCUT2D eigenvalue weighted by atomic mass is 9.84. The number of hydrogen-bond acceptors (Lipinski definition) is 4. The third-order valence-electron chi connectivity index (χ3n) is 4.99. The summed E-state index contributed by atoms with van der Waals surface area (Å²) in [5, 5.41) is 10.8. The van der Waals surface area contributed by atoms with E-state index >= 15 is 0 Å². The molecule has 0 radical (unpaired) electrons. The second kappa shape index (κ2) is 7.61. The van der Waals surface area contributed by atoms with E-state index in [0.717, 1.165) is 42.4 Å². The summed E-state index contributed by atoms with van der Waals surface area (Å²) < 4.78 is 0. The van der Waals surface area contributed by atoms with Gasteiger partial charge < -0.3 is 5.32 Å². The van der Waals surface area contributed by atoms with Crippen LogP contribution in [0.5, 0.6) is 0 Å². The Hall–Kier alpha value is -3.15. The maximum atomic E-state index is 12.2. The number of amides is 2. The highest BCUT2D eigenvalue weighted by atomic mass is 16.2. The van der Waals surface area contributed by atoms with E-state index in [1.807, 2.05) is 24.3 Å². The Morgan fingerprint density at radius 3 is 2.67 bits per heavy atom. The van der Waals surface area contributed by atoms with Crippen molar-refractivity contribution in [2.45, 2.75) is 38.1 Å². The lowest BCUT2D eigenvalue weighted by Crippen LogP contribution is -2.23. The third-order valence-corrected chi connectivity index (χ3v) is 4.99. The number of benzene rings is 1. The Bertz CT molecular complexity index is 917. The molecule has 2 amide bonds. The SMILES string of the molecule is O=C1N=NC(Cc2ccc(NC(=O)c3ccccc3)nc2)C2=C1CCCC2. The Balaban J connectivity index is 1.44. The van der Waals surface area contributed by atoms with Crippen molar-refractivity contribution in [2.75, 3.05) is 5.32 Å². The minimum Gasteiger partial charge on any atom is -0.307 e. The fraction of sp³-hybridized carbons (Fsp3) is 0.286. The predicted octanol–water partition coefficient (Wildman–Crippen LogP) is 4.11. The van der Waals surface area contributed by atoms with Crippen molar-refractivity contribution in [3.05, 3.63) is 70.9 Å². The van der Waals surface area contributed by atoms with Crippen molar-refractivity contribution in [3.63, 3.8) is 0 Å². The van der Waals surface area contributed by atoms with Crippen LogP contribution in [0.4, 0.5) is 5.82 Å². The molecule has 2 aromatic rings. The molecule has 0 bridgehead atoms. The number of carbonyl (C=O) groups excluding carboxylic acids is 2. The first-order valence-corrected chi connectivity index (χ1v) is 9.19. The van der Waals surface area contributed by atoms with E-state index in [9.17, 15) is 9.59 Å². The number of rotatable bonds is 4. The normalized spacial score (nSPS) is 19.0. The Morgan fingerprint density at radius 2 is 1.89 bits per heavy atom. The molecule has 4 rings (SSSR count). The minimum atomic E-state index is -0.188.